The third-order valence-corrected chi connectivity index (χ3v) is 3.38. The summed E-state index contributed by atoms with van der Waals surface area (Å²) < 4.78 is 5.70. The van der Waals surface area contributed by atoms with Gasteiger partial charge in [-0.25, -0.2) is 4.98 Å². The summed E-state index contributed by atoms with van der Waals surface area (Å²) in [6.07, 6.45) is 9.35. The lowest BCUT2D eigenvalue weighted by molar-refractivity contribution is 0.198. The molecule has 3 nitrogen and oxygen atoms in total. The first-order chi connectivity index (χ1) is 8.20. The van der Waals surface area contributed by atoms with Gasteiger partial charge in [-0.3, -0.25) is 0 Å². The van der Waals surface area contributed by atoms with Crippen LogP contribution in [-0.2, 0) is 0 Å². The molecule has 0 bridgehead atoms. The fourth-order valence-electron chi connectivity index (χ4n) is 1.99. The molecule has 1 aromatic heterocycles. The van der Waals surface area contributed by atoms with Crippen LogP contribution >= 0.6 is 24.0 Å². The van der Waals surface area contributed by atoms with Gasteiger partial charge in [0.1, 0.15) is 17.5 Å². The van der Waals surface area contributed by atoms with Gasteiger partial charge < -0.3 is 9.64 Å². The van der Waals surface area contributed by atoms with Crippen molar-refractivity contribution < 1.29 is 4.74 Å². The van der Waals surface area contributed by atoms with Crippen LogP contribution in [0.25, 0.3) is 0 Å². The van der Waals surface area contributed by atoms with E-state index in [1.165, 1.54) is 12.8 Å². The van der Waals surface area contributed by atoms with Crippen LogP contribution in [0.1, 0.15) is 18.4 Å². The van der Waals surface area contributed by atoms with Gasteiger partial charge in [-0.15, -0.1) is 18.8 Å². The molecule has 2 heterocycles. The molecule has 0 N–H and O–H groups in total. The summed E-state index contributed by atoms with van der Waals surface area (Å²) in [5.74, 6) is 3.17. The molecule has 0 spiro atoms. The van der Waals surface area contributed by atoms with Crippen molar-refractivity contribution in [2.45, 2.75) is 18.9 Å². The van der Waals surface area contributed by atoms with Crippen molar-refractivity contribution in [1.82, 2.24) is 9.88 Å². The van der Waals surface area contributed by atoms with Crippen molar-refractivity contribution in [2.24, 2.45) is 0 Å². The molecule has 1 aliphatic heterocycles. The van der Waals surface area contributed by atoms with Crippen molar-refractivity contribution in [3.63, 3.8) is 0 Å². The van der Waals surface area contributed by atoms with Gasteiger partial charge in [0.25, 0.3) is 0 Å². The molecule has 18 heavy (non-hydrogen) atoms. The van der Waals surface area contributed by atoms with Crippen molar-refractivity contribution in [3.05, 3.63) is 23.0 Å². The monoisotopic (exact) mass is 286 g/mol. The van der Waals surface area contributed by atoms with Gasteiger partial charge in [-0.05, 0) is 26.4 Å². The predicted octanol–water partition coefficient (Wildman–Crippen LogP) is 2.61. The minimum absolute atomic E-state index is 0. The molecular weight excluding hydrogens is 271 g/mol. The minimum atomic E-state index is 0. The van der Waals surface area contributed by atoms with Crippen LogP contribution in [0.2, 0.25) is 5.15 Å². The Labute approximate surface area is 119 Å². The highest BCUT2D eigenvalue weighted by Crippen LogP contribution is 2.20. The van der Waals surface area contributed by atoms with Gasteiger partial charge in [0.05, 0.1) is 11.8 Å². The number of hydrogen-bond donors (Lipinski definition) is 0. The molecule has 0 saturated carbocycles. The molecular formula is C13H16Cl2N2O. The van der Waals surface area contributed by atoms with Gasteiger partial charge >= 0.3 is 0 Å². The van der Waals surface area contributed by atoms with E-state index in [1.54, 1.807) is 12.3 Å². The van der Waals surface area contributed by atoms with Crippen molar-refractivity contribution in [1.29, 1.82) is 0 Å². The topological polar surface area (TPSA) is 25.4 Å². The number of terminal acetylenes is 1. The highest BCUT2D eigenvalue weighted by molar-refractivity contribution is 6.30. The predicted molar refractivity (Wildman–Crippen MR) is 75.6 cm³/mol. The SMILES string of the molecule is C#Cc1cc(OC[C@@H]2CCCN2C)cnc1Cl.Cl. The first kappa shape index (κ1) is 15.1. The first-order valence-electron chi connectivity index (χ1n) is 5.66. The van der Waals surface area contributed by atoms with E-state index in [4.69, 9.17) is 22.8 Å². The molecule has 0 amide bonds. The Kier molecular flexibility index (Phi) is 5.74. The van der Waals surface area contributed by atoms with E-state index >= 15 is 0 Å². The zero-order valence-corrected chi connectivity index (χ0v) is 11.8. The smallest absolute Gasteiger partial charge is 0.144 e. The highest BCUT2D eigenvalue weighted by Gasteiger charge is 2.21. The number of aromatic nitrogens is 1. The molecule has 1 saturated heterocycles. The van der Waals surface area contributed by atoms with E-state index in [9.17, 15) is 0 Å². The van der Waals surface area contributed by atoms with Crippen LogP contribution < -0.4 is 4.74 Å². The minimum Gasteiger partial charge on any atom is -0.490 e. The fraction of sp³-hybridized carbons (Fsp3) is 0.462. The van der Waals surface area contributed by atoms with Crippen LogP contribution in [-0.4, -0.2) is 36.1 Å². The molecule has 1 aromatic rings. The molecule has 1 fully saturated rings. The molecule has 5 heteroatoms. The summed E-state index contributed by atoms with van der Waals surface area (Å²) in [5, 5.41) is 0.345. The number of nitrogens with zero attached hydrogens (tertiary/aromatic N) is 2. The zero-order chi connectivity index (χ0) is 12.3. The van der Waals surface area contributed by atoms with Crippen molar-refractivity contribution in [3.8, 4) is 18.1 Å². The van der Waals surface area contributed by atoms with E-state index < -0.39 is 0 Å². The van der Waals surface area contributed by atoms with Crippen LogP contribution in [0.5, 0.6) is 5.75 Å². The Bertz CT molecular complexity index is 445. The lowest BCUT2D eigenvalue weighted by atomic mass is 10.2. The maximum Gasteiger partial charge on any atom is 0.144 e. The quantitative estimate of drug-likeness (QED) is 0.631. The Balaban J connectivity index is 0.00000162. The van der Waals surface area contributed by atoms with Gasteiger partial charge in [-0.2, -0.15) is 0 Å². The standard InChI is InChI=1S/C13H15ClN2O.ClH/c1-3-10-7-12(8-15-13(10)14)17-9-11-5-4-6-16(11)2;/h1,7-8,11H,4-6,9H2,2H3;1H/t11-;/m0./s1. The molecule has 0 unspecified atom stereocenters. The Hall–Kier alpha value is -0.950. The number of likely N-dealkylation sites (N-methyl/N-ethyl adjacent to an activating group) is 1. The van der Waals surface area contributed by atoms with Crippen LogP contribution in [0.4, 0.5) is 0 Å². The summed E-state index contributed by atoms with van der Waals surface area (Å²) in [6, 6.07) is 2.24. The van der Waals surface area contributed by atoms with E-state index in [1.807, 2.05) is 0 Å². The summed E-state index contributed by atoms with van der Waals surface area (Å²) in [5.41, 5.74) is 0.573. The van der Waals surface area contributed by atoms with Crippen molar-refractivity contribution in [2.75, 3.05) is 20.2 Å². The number of ether oxygens (including phenoxy) is 1. The molecule has 1 atom stereocenters. The second-order valence-electron chi connectivity index (χ2n) is 4.24. The highest BCUT2D eigenvalue weighted by atomic mass is 35.5. The van der Waals surface area contributed by atoms with Gasteiger partial charge in [-0.1, -0.05) is 17.5 Å². The van der Waals surface area contributed by atoms with Gasteiger partial charge in [0, 0.05) is 12.1 Å². The third kappa shape index (κ3) is 3.52. The fourth-order valence-corrected chi connectivity index (χ4v) is 2.15. The van der Waals surface area contributed by atoms with Crippen LogP contribution in [0.3, 0.4) is 0 Å². The number of rotatable bonds is 3. The zero-order valence-electron chi connectivity index (χ0n) is 10.2. The van der Waals surface area contributed by atoms with Gasteiger partial charge in [0.2, 0.25) is 0 Å². The summed E-state index contributed by atoms with van der Waals surface area (Å²) in [4.78, 5) is 6.31. The Morgan fingerprint density at radius 3 is 3.06 bits per heavy atom. The maximum atomic E-state index is 5.83. The molecule has 1 aliphatic rings. The normalized spacial score (nSPS) is 19.1. The average molecular weight is 287 g/mol. The van der Waals surface area contributed by atoms with E-state index in [0.717, 1.165) is 6.54 Å². The maximum absolute atomic E-state index is 5.83. The number of likely N-dealkylation sites (tertiary alicyclic amines) is 1. The second kappa shape index (κ2) is 6.84. The van der Waals surface area contributed by atoms with Crippen LogP contribution in [0, 0.1) is 12.3 Å². The largest absolute Gasteiger partial charge is 0.490 e. The van der Waals surface area contributed by atoms with Gasteiger partial charge in [0.15, 0.2) is 0 Å². The molecule has 0 aliphatic carbocycles. The number of pyridine rings is 1. The lowest BCUT2D eigenvalue weighted by Gasteiger charge is -2.19. The summed E-state index contributed by atoms with van der Waals surface area (Å²) in [7, 11) is 2.12. The third-order valence-electron chi connectivity index (χ3n) is 3.08. The average Bonchev–Trinajstić information content (AvgIpc) is 2.74. The second-order valence-corrected chi connectivity index (χ2v) is 4.60. The van der Waals surface area contributed by atoms with E-state index in [2.05, 4.69) is 22.9 Å². The van der Waals surface area contributed by atoms with E-state index in [-0.39, 0.29) is 12.4 Å². The Morgan fingerprint density at radius 2 is 2.44 bits per heavy atom. The molecule has 0 radical (unpaired) electrons. The number of hydrogen-bond acceptors (Lipinski definition) is 3. The molecule has 0 aromatic carbocycles. The van der Waals surface area contributed by atoms with Crippen molar-refractivity contribution >= 4 is 24.0 Å². The Morgan fingerprint density at radius 1 is 1.67 bits per heavy atom. The summed E-state index contributed by atoms with van der Waals surface area (Å²) >= 11 is 5.83. The first-order valence-corrected chi connectivity index (χ1v) is 6.03. The summed E-state index contributed by atoms with van der Waals surface area (Å²) in [6.45, 7) is 1.81. The van der Waals surface area contributed by atoms with E-state index in [0.29, 0.717) is 29.1 Å². The molecule has 2 rings (SSSR count). The number of halogens is 2. The molecule has 98 valence electrons. The lowest BCUT2D eigenvalue weighted by Crippen LogP contribution is -2.30. The van der Waals surface area contributed by atoms with Crippen LogP contribution in [0.15, 0.2) is 12.3 Å².